The molecule has 158 valence electrons. The molecule has 0 saturated carbocycles. The van der Waals surface area contributed by atoms with Gasteiger partial charge in [0.25, 0.3) is 0 Å². The maximum Gasteiger partial charge on any atom is 0.247 e. The molecule has 1 aliphatic heterocycles. The topological polar surface area (TPSA) is 80.5 Å². The zero-order valence-electron chi connectivity index (χ0n) is 17.4. The molecule has 0 bridgehead atoms. The van der Waals surface area contributed by atoms with Gasteiger partial charge < -0.3 is 19.5 Å². The van der Waals surface area contributed by atoms with Gasteiger partial charge in [0.2, 0.25) is 10.0 Å². The van der Waals surface area contributed by atoms with E-state index in [1.54, 1.807) is 18.2 Å². The Kier molecular flexibility index (Phi) is 6.36. The minimum absolute atomic E-state index is 0.120. The smallest absolute Gasteiger partial charge is 0.247 e. The van der Waals surface area contributed by atoms with E-state index < -0.39 is 10.0 Å². The number of methoxy groups -OCH3 is 2. The van der Waals surface area contributed by atoms with Gasteiger partial charge in [-0.05, 0) is 49.2 Å². The predicted molar refractivity (Wildman–Crippen MR) is 110 cm³/mol. The van der Waals surface area contributed by atoms with Crippen molar-refractivity contribution >= 4 is 10.0 Å². The van der Waals surface area contributed by atoms with Gasteiger partial charge in [0.1, 0.15) is 28.7 Å². The highest BCUT2D eigenvalue weighted by Crippen LogP contribution is 2.30. The van der Waals surface area contributed by atoms with Crippen LogP contribution in [0.4, 0.5) is 0 Å². The van der Waals surface area contributed by atoms with E-state index in [4.69, 9.17) is 9.47 Å². The summed E-state index contributed by atoms with van der Waals surface area (Å²) in [4.78, 5) is 1.36. The van der Waals surface area contributed by atoms with Crippen molar-refractivity contribution in [3.8, 4) is 17.2 Å². The van der Waals surface area contributed by atoms with Gasteiger partial charge in [-0.1, -0.05) is 0 Å². The zero-order chi connectivity index (χ0) is 21.2. The lowest BCUT2D eigenvalue weighted by Crippen LogP contribution is -3.13. The van der Waals surface area contributed by atoms with Gasteiger partial charge in [-0.15, -0.1) is 0 Å². The number of hydrogen-bond acceptors (Lipinski definition) is 5. The van der Waals surface area contributed by atoms with E-state index in [2.05, 4.69) is 0 Å². The quantitative estimate of drug-likeness (QED) is 0.731. The summed E-state index contributed by atoms with van der Waals surface area (Å²) in [5, 5.41) is 10.2. The van der Waals surface area contributed by atoms with Crippen molar-refractivity contribution in [3.05, 3.63) is 47.0 Å². The van der Waals surface area contributed by atoms with Gasteiger partial charge in [0.05, 0.1) is 40.4 Å². The van der Waals surface area contributed by atoms with Crippen LogP contribution in [0.3, 0.4) is 0 Å². The zero-order valence-corrected chi connectivity index (χ0v) is 18.2. The van der Waals surface area contributed by atoms with Gasteiger partial charge in [-0.25, -0.2) is 8.42 Å². The first-order valence-corrected chi connectivity index (χ1v) is 11.0. The number of nitrogens with zero attached hydrogens (tertiary/aromatic N) is 1. The first-order valence-electron chi connectivity index (χ1n) is 9.61. The van der Waals surface area contributed by atoms with E-state index in [1.807, 2.05) is 19.9 Å². The number of benzene rings is 2. The second-order valence-corrected chi connectivity index (χ2v) is 9.32. The van der Waals surface area contributed by atoms with E-state index in [9.17, 15) is 13.5 Å². The van der Waals surface area contributed by atoms with Gasteiger partial charge in [-0.3, -0.25) is 0 Å². The number of ether oxygens (including phenoxy) is 2. The van der Waals surface area contributed by atoms with Crippen LogP contribution >= 0.6 is 0 Å². The number of aromatic hydroxyl groups is 1. The number of quaternary nitrogens is 1. The summed E-state index contributed by atoms with van der Waals surface area (Å²) in [5.74, 6) is 1.08. The van der Waals surface area contributed by atoms with Crippen LogP contribution in [0.25, 0.3) is 0 Å². The highest BCUT2D eigenvalue weighted by Gasteiger charge is 2.33. The summed E-state index contributed by atoms with van der Waals surface area (Å²) in [6.45, 7) is 6.81. The largest absolute Gasteiger partial charge is 0.507 e. The third kappa shape index (κ3) is 4.49. The monoisotopic (exact) mass is 421 g/mol. The Labute approximate surface area is 172 Å². The van der Waals surface area contributed by atoms with Crippen molar-refractivity contribution in [1.29, 1.82) is 0 Å². The molecule has 2 aromatic rings. The lowest BCUT2D eigenvalue weighted by Gasteiger charge is -2.32. The number of aryl methyl sites for hydroxylation is 2. The maximum atomic E-state index is 13.2. The normalized spacial score (nSPS) is 16.0. The van der Waals surface area contributed by atoms with Crippen molar-refractivity contribution in [1.82, 2.24) is 4.31 Å². The van der Waals surface area contributed by atoms with Crippen LogP contribution in [0.5, 0.6) is 17.2 Å². The van der Waals surface area contributed by atoms with Crippen molar-refractivity contribution in [3.63, 3.8) is 0 Å². The molecule has 1 fully saturated rings. The second kappa shape index (κ2) is 8.61. The molecule has 3 rings (SSSR count). The fourth-order valence-electron chi connectivity index (χ4n) is 3.62. The highest BCUT2D eigenvalue weighted by molar-refractivity contribution is 7.89. The van der Waals surface area contributed by atoms with Crippen LogP contribution in [0.1, 0.15) is 16.7 Å². The SMILES string of the molecule is COc1ccc(OC)c(S(=O)(=O)N2CC[NH+](Cc3cc(C)c(C)cc3O)CC2)c1. The molecule has 0 aromatic heterocycles. The molecule has 0 atom stereocenters. The molecule has 2 N–H and O–H groups in total. The number of piperazine rings is 1. The molecule has 0 unspecified atom stereocenters. The summed E-state index contributed by atoms with van der Waals surface area (Å²) in [7, 11) is -0.729. The maximum absolute atomic E-state index is 13.2. The van der Waals surface area contributed by atoms with E-state index in [0.717, 1.165) is 16.7 Å². The number of nitrogens with one attached hydrogen (secondary N) is 1. The van der Waals surface area contributed by atoms with Crippen molar-refractivity contribution in [2.45, 2.75) is 25.3 Å². The first-order chi connectivity index (χ1) is 13.8. The Hall–Kier alpha value is -2.29. The summed E-state index contributed by atoms with van der Waals surface area (Å²) in [6.07, 6.45) is 0. The molecule has 0 radical (unpaired) electrons. The lowest BCUT2D eigenvalue weighted by atomic mass is 10.0. The average molecular weight is 422 g/mol. The van der Waals surface area contributed by atoms with Crippen LogP contribution in [-0.4, -0.2) is 58.2 Å². The Morgan fingerprint density at radius 1 is 1.03 bits per heavy atom. The molecule has 1 aliphatic rings. The second-order valence-electron chi connectivity index (χ2n) is 7.41. The standard InChI is InChI=1S/C21H28N2O5S/c1-15-11-17(19(24)12-16(15)2)14-22-7-9-23(10-8-22)29(25,26)21-13-18(27-3)5-6-20(21)28-4/h5-6,11-13,24H,7-10,14H2,1-4H3/p+1. The van der Waals surface area contributed by atoms with Gasteiger partial charge in [0, 0.05) is 11.6 Å². The molecule has 0 spiro atoms. The molecule has 1 saturated heterocycles. The summed E-state index contributed by atoms with van der Waals surface area (Å²) >= 11 is 0. The third-order valence-electron chi connectivity index (χ3n) is 5.55. The third-order valence-corrected chi connectivity index (χ3v) is 7.47. The molecule has 8 heteroatoms. The van der Waals surface area contributed by atoms with Crippen LogP contribution in [0, 0.1) is 13.8 Å². The van der Waals surface area contributed by atoms with Crippen LogP contribution in [0.2, 0.25) is 0 Å². The fourth-order valence-corrected chi connectivity index (χ4v) is 5.23. The van der Waals surface area contributed by atoms with E-state index >= 15 is 0 Å². The van der Waals surface area contributed by atoms with Crippen molar-refractivity contribution in [2.75, 3.05) is 40.4 Å². The number of phenols is 1. The van der Waals surface area contributed by atoms with Crippen LogP contribution in [-0.2, 0) is 16.6 Å². The summed E-state index contributed by atoms with van der Waals surface area (Å²) in [6, 6.07) is 8.59. The van der Waals surface area contributed by atoms with Crippen molar-refractivity contribution < 1.29 is 27.9 Å². The molecule has 29 heavy (non-hydrogen) atoms. The Morgan fingerprint density at radius 3 is 2.31 bits per heavy atom. The molecule has 0 aliphatic carbocycles. The Balaban J connectivity index is 1.73. The van der Waals surface area contributed by atoms with E-state index in [-0.39, 0.29) is 4.90 Å². The van der Waals surface area contributed by atoms with Gasteiger partial charge in [0.15, 0.2) is 0 Å². The number of rotatable bonds is 6. The summed E-state index contributed by atoms with van der Waals surface area (Å²) in [5.41, 5.74) is 3.10. The van der Waals surface area contributed by atoms with E-state index in [0.29, 0.717) is 50.0 Å². The Bertz CT molecular complexity index is 983. The molecular weight excluding hydrogens is 392 g/mol. The number of hydrogen-bond donors (Lipinski definition) is 2. The molecular formula is C21H29N2O5S+. The van der Waals surface area contributed by atoms with Gasteiger partial charge in [-0.2, -0.15) is 4.31 Å². The average Bonchev–Trinajstić information content (AvgIpc) is 2.72. The van der Waals surface area contributed by atoms with Crippen LogP contribution in [0.15, 0.2) is 35.2 Å². The van der Waals surface area contributed by atoms with Crippen molar-refractivity contribution in [2.24, 2.45) is 0 Å². The van der Waals surface area contributed by atoms with Crippen LogP contribution < -0.4 is 14.4 Å². The minimum Gasteiger partial charge on any atom is -0.507 e. The fraction of sp³-hybridized carbons (Fsp3) is 0.429. The highest BCUT2D eigenvalue weighted by atomic mass is 32.2. The minimum atomic E-state index is -3.69. The Morgan fingerprint density at radius 2 is 1.69 bits per heavy atom. The predicted octanol–water partition coefficient (Wildman–Crippen LogP) is 1.12. The number of phenolic OH excluding ortho intramolecular Hbond substituents is 1. The molecule has 2 aromatic carbocycles. The lowest BCUT2D eigenvalue weighted by molar-refractivity contribution is -0.917. The molecule has 1 heterocycles. The first kappa shape index (κ1) is 21.4. The molecule has 7 nitrogen and oxygen atoms in total. The summed E-state index contributed by atoms with van der Waals surface area (Å²) < 4.78 is 38.3. The number of sulfonamides is 1. The van der Waals surface area contributed by atoms with E-state index in [1.165, 1.54) is 29.5 Å². The molecule has 0 amide bonds. The van der Waals surface area contributed by atoms with Gasteiger partial charge >= 0.3 is 0 Å².